The molecule has 0 aliphatic carbocycles. The quantitative estimate of drug-likeness (QED) is 0.733. The zero-order valence-electron chi connectivity index (χ0n) is 12.9. The third kappa shape index (κ3) is 3.21. The number of carbonyl (C=O) groups excluding carboxylic acids is 1. The number of anilines is 1. The molecule has 6 nitrogen and oxygen atoms in total. The lowest BCUT2D eigenvalue weighted by Crippen LogP contribution is -2.16. The fourth-order valence-corrected chi connectivity index (χ4v) is 3.00. The molecular formula is C15H13F2N5OS. The molecular weight excluding hydrogens is 336 g/mol. The Hall–Kier alpha value is -2.55. The molecule has 3 rings (SSSR count). The van der Waals surface area contributed by atoms with Crippen molar-refractivity contribution in [3.05, 3.63) is 47.3 Å². The second kappa shape index (κ2) is 6.52. The van der Waals surface area contributed by atoms with Crippen molar-refractivity contribution in [3.63, 3.8) is 0 Å². The predicted octanol–water partition coefficient (Wildman–Crippen LogP) is 2.75. The van der Waals surface area contributed by atoms with Crippen molar-refractivity contribution < 1.29 is 13.6 Å². The summed E-state index contributed by atoms with van der Waals surface area (Å²) in [5.41, 5.74) is 1.24. The van der Waals surface area contributed by atoms with Crippen LogP contribution in [0.2, 0.25) is 0 Å². The van der Waals surface area contributed by atoms with Gasteiger partial charge in [0, 0.05) is 11.4 Å². The van der Waals surface area contributed by atoms with E-state index in [1.807, 2.05) is 19.9 Å². The Balaban J connectivity index is 1.73. The van der Waals surface area contributed by atoms with E-state index in [9.17, 15) is 13.6 Å². The van der Waals surface area contributed by atoms with Crippen LogP contribution in [0.15, 0.2) is 29.4 Å². The highest BCUT2D eigenvalue weighted by Crippen LogP contribution is 2.21. The van der Waals surface area contributed by atoms with Crippen molar-refractivity contribution in [2.45, 2.75) is 19.0 Å². The van der Waals surface area contributed by atoms with Crippen molar-refractivity contribution >= 4 is 29.1 Å². The number of halogens is 2. The van der Waals surface area contributed by atoms with Crippen molar-refractivity contribution in [3.8, 4) is 0 Å². The smallest absolute Gasteiger partial charge is 0.256 e. The van der Waals surface area contributed by atoms with Crippen LogP contribution in [0.4, 0.5) is 14.5 Å². The number of hydrogen-bond donors (Lipinski definition) is 1. The zero-order chi connectivity index (χ0) is 17.3. The van der Waals surface area contributed by atoms with Gasteiger partial charge in [0.2, 0.25) is 5.91 Å². The Bertz CT molecular complexity index is 907. The summed E-state index contributed by atoms with van der Waals surface area (Å²) >= 11 is 1.11. The number of carbonyl (C=O) groups is 1. The molecule has 9 heteroatoms. The molecule has 1 aromatic carbocycles. The summed E-state index contributed by atoms with van der Waals surface area (Å²) in [6.45, 7) is 3.73. The van der Waals surface area contributed by atoms with Gasteiger partial charge >= 0.3 is 0 Å². The monoisotopic (exact) mass is 349 g/mol. The number of benzene rings is 1. The van der Waals surface area contributed by atoms with Gasteiger partial charge in [-0.15, -0.1) is 10.2 Å². The van der Waals surface area contributed by atoms with Gasteiger partial charge in [0.15, 0.2) is 5.16 Å². The molecule has 1 N–H and O–H groups in total. The maximum atomic E-state index is 13.5. The van der Waals surface area contributed by atoms with E-state index in [2.05, 4.69) is 20.5 Å². The van der Waals surface area contributed by atoms with E-state index in [-0.39, 0.29) is 5.75 Å². The number of aryl methyl sites for hydroxylation is 2. The van der Waals surface area contributed by atoms with E-state index in [4.69, 9.17) is 0 Å². The molecule has 0 aliphatic heterocycles. The summed E-state index contributed by atoms with van der Waals surface area (Å²) < 4.78 is 28.8. The fraction of sp³-hybridized carbons (Fsp3) is 0.200. The normalized spacial score (nSPS) is 11.0. The van der Waals surface area contributed by atoms with Crippen LogP contribution in [-0.4, -0.2) is 31.2 Å². The van der Waals surface area contributed by atoms with Gasteiger partial charge in [-0.25, -0.2) is 13.8 Å². The largest absolute Gasteiger partial charge is 0.320 e. The number of thioether (sulfide) groups is 1. The topological polar surface area (TPSA) is 72.2 Å². The molecule has 0 saturated heterocycles. The summed E-state index contributed by atoms with van der Waals surface area (Å²) in [4.78, 5) is 16.2. The van der Waals surface area contributed by atoms with Crippen LogP contribution in [0, 0.1) is 25.5 Å². The summed E-state index contributed by atoms with van der Waals surface area (Å²) in [6, 6.07) is 5.26. The molecule has 0 spiro atoms. The summed E-state index contributed by atoms with van der Waals surface area (Å²) in [6.07, 6.45) is 0. The number of nitrogens with one attached hydrogen (secondary N) is 1. The third-order valence-corrected chi connectivity index (χ3v) is 4.15. The molecule has 0 bridgehead atoms. The average Bonchev–Trinajstić information content (AvgIpc) is 2.92. The van der Waals surface area contributed by atoms with E-state index in [1.165, 1.54) is 6.07 Å². The Morgan fingerprint density at radius 3 is 2.67 bits per heavy atom. The van der Waals surface area contributed by atoms with Crippen molar-refractivity contribution in [1.82, 2.24) is 19.6 Å². The molecule has 0 saturated carbocycles. The first-order valence-electron chi connectivity index (χ1n) is 7.02. The molecule has 0 unspecified atom stereocenters. The number of fused-ring (bicyclic) bond motifs is 1. The molecule has 3 aromatic rings. The van der Waals surface area contributed by atoms with Crippen LogP contribution >= 0.6 is 11.8 Å². The fourth-order valence-electron chi connectivity index (χ4n) is 2.22. The SMILES string of the molecule is Cc1cc(C)n2c(SCC(=O)Nc3c(F)cccc3F)nnc2n1. The molecule has 124 valence electrons. The first-order chi connectivity index (χ1) is 11.5. The van der Waals surface area contributed by atoms with Gasteiger partial charge in [-0.05, 0) is 32.0 Å². The number of para-hydroxylation sites is 1. The van der Waals surface area contributed by atoms with Crippen LogP contribution in [0.25, 0.3) is 5.78 Å². The lowest BCUT2D eigenvalue weighted by Gasteiger charge is -2.07. The van der Waals surface area contributed by atoms with Crippen LogP contribution < -0.4 is 5.32 Å². The van der Waals surface area contributed by atoms with Crippen LogP contribution in [-0.2, 0) is 4.79 Å². The first-order valence-corrected chi connectivity index (χ1v) is 8.00. The zero-order valence-corrected chi connectivity index (χ0v) is 13.7. The highest BCUT2D eigenvalue weighted by molar-refractivity contribution is 7.99. The van der Waals surface area contributed by atoms with E-state index < -0.39 is 23.2 Å². The Labute approximate surface area is 140 Å². The van der Waals surface area contributed by atoms with Crippen LogP contribution in [0.5, 0.6) is 0 Å². The minimum Gasteiger partial charge on any atom is -0.320 e. The second-order valence-electron chi connectivity index (χ2n) is 5.09. The summed E-state index contributed by atoms with van der Waals surface area (Å²) in [5, 5.41) is 10.7. The molecule has 1 amide bonds. The van der Waals surface area contributed by atoms with Crippen molar-refractivity contribution in [1.29, 1.82) is 0 Å². The van der Waals surface area contributed by atoms with Crippen molar-refractivity contribution in [2.75, 3.05) is 11.1 Å². The Kier molecular flexibility index (Phi) is 4.43. The van der Waals surface area contributed by atoms with Gasteiger partial charge in [-0.3, -0.25) is 9.20 Å². The molecule has 0 atom stereocenters. The third-order valence-electron chi connectivity index (χ3n) is 3.22. The standard InChI is InChI=1S/C15H13F2N5OS/c1-8-6-9(2)22-14(18-8)20-21-15(22)24-7-12(23)19-13-10(16)4-3-5-11(13)17/h3-6H,7H2,1-2H3,(H,19,23). The van der Waals surface area contributed by atoms with Gasteiger partial charge < -0.3 is 5.32 Å². The second-order valence-corrected chi connectivity index (χ2v) is 6.03. The maximum absolute atomic E-state index is 13.5. The summed E-state index contributed by atoms with van der Waals surface area (Å²) in [7, 11) is 0. The van der Waals surface area contributed by atoms with Gasteiger partial charge in [-0.2, -0.15) is 0 Å². The number of nitrogens with zero attached hydrogens (tertiary/aromatic N) is 4. The van der Waals surface area contributed by atoms with Crippen LogP contribution in [0.1, 0.15) is 11.4 Å². The molecule has 2 heterocycles. The van der Waals surface area contributed by atoms with E-state index in [0.29, 0.717) is 10.9 Å². The molecule has 24 heavy (non-hydrogen) atoms. The summed E-state index contributed by atoms with van der Waals surface area (Å²) in [5.74, 6) is -1.82. The number of amides is 1. The lowest BCUT2D eigenvalue weighted by molar-refractivity contribution is -0.113. The number of rotatable bonds is 4. The van der Waals surface area contributed by atoms with Gasteiger partial charge in [0.05, 0.1) is 5.75 Å². The van der Waals surface area contributed by atoms with Crippen molar-refractivity contribution in [2.24, 2.45) is 0 Å². The molecule has 0 fully saturated rings. The van der Waals surface area contributed by atoms with Gasteiger partial charge in [0.25, 0.3) is 5.78 Å². The van der Waals surface area contributed by atoms with Gasteiger partial charge in [0.1, 0.15) is 17.3 Å². The Morgan fingerprint density at radius 2 is 1.96 bits per heavy atom. The van der Waals surface area contributed by atoms with Crippen LogP contribution in [0.3, 0.4) is 0 Å². The molecule has 2 aromatic heterocycles. The highest BCUT2D eigenvalue weighted by Gasteiger charge is 2.15. The molecule has 0 aliphatic rings. The minimum atomic E-state index is -0.822. The maximum Gasteiger partial charge on any atom is 0.256 e. The Morgan fingerprint density at radius 1 is 1.25 bits per heavy atom. The first kappa shape index (κ1) is 16.3. The number of aromatic nitrogens is 4. The minimum absolute atomic E-state index is 0.0676. The predicted molar refractivity (Wildman–Crippen MR) is 86.0 cm³/mol. The lowest BCUT2D eigenvalue weighted by atomic mass is 10.3. The number of hydrogen-bond acceptors (Lipinski definition) is 5. The highest BCUT2D eigenvalue weighted by atomic mass is 32.2. The molecule has 0 radical (unpaired) electrons. The van der Waals surface area contributed by atoms with E-state index >= 15 is 0 Å². The van der Waals surface area contributed by atoms with Gasteiger partial charge in [-0.1, -0.05) is 17.8 Å². The van der Waals surface area contributed by atoms with E-state index in [1.54, 1.807) is 4.40 Å². The van der Waals surface area contributed by atoms with E-state index in [0.717, 1.165) is 35.3 Å². The average molecular weight is 349 g/mol.